The number of nitrogen functional groups attached to an aromatic ring is 1. The van der Waals surface area contributed by atoms with E-state index in [0.717, 1.165) is 16.3 Å². The Labute approximate surface area is 150 Å². The SMILES string of the molecule is Nc1cccc(C=NNC(=O)CNC(=O)c2cccc3ccccc23)c1. The molecule has 0 saturated heterocycles. The van der Waals surface area contributed by atoms with E-state index >= 15 is 0 Å². The van der Waals surface area contributed by atoms with Crippen molar-refractivity contribution in [3.63, 3.8) is 0 Å². The van der Waals surface area contributed by atoms with Gasteiger partial charge in [0.1, 0.15) is 0 Å². The summed E-state index contributed by atoms with van der Waals surface area (Å²) in [5, 5.41) is 8.26. The molecule has 130 valence electrons. The smallest absolute Gasteiger partial charge is 0.259 e. The molecule has 0 aromatic heterocycles. The van der Waals surface area contributed by atoms with Gasteiger partial charge in [-0.05, 0) is 34.5 Å². The highest BCUT2D eigenvalue weighted by molar-refractivity contribution is 6.07. The summed E-state index contributed by atoms with van der Waals surface area (Å²) in [6.07, 6.45) is 1.49. The first-order valence-electron chi connectivity index (χ1n) is 8.07. The number of nitrogens with zero attached hydrogens (tertiary/aromatic N) is 1. The average Bonchev–Trinajstić information content (AvgIpc) is 2.66. The number of nitrogens with two attached hydrogens (primary N) is 1. The second-order valence-corrected chi connectivity index (χ2v) is 5.67. The zero-order valence-corrected chi connectivity index (χ0v) is 14.0. The van der Waals surface area contributed by atoms with Crippen LogP contribution in [0.1, 0.15) is 15.9 Å². The molecule has 3 aromatic carbocycles. The fraction of sp³-hybridized carbons (Fsp3) is 0.0500. The lowest BCUT2D eigenvalue weighted by Crippen LogP contribution is -2.35. The van der Waals surface area contributed by atoms with Gasteiger partial charge in [-0.3, -0.25) is 9.59 Å². The fourth-order valence-electron chi connectivity index (χ4n) is 2.54. The van der Waals surface area contributed by atoms with Crippen LogP contribution >= 0.6 is 0 Å². The van der Waals surface area contributed by atoms with E-state index in [1.807, 2.05) is 42.5 Å². The van der Waals surface area contributed by atoms with E-state index < -0.39 is 5.91 Å². The molecule has 0 aliphatic carbocycles. The van der Waals surface area contributed by atoms with Crippen LogP contribution in [-0.4, -0.2) is 24.6 Å². The molecule has 0 aliphatic rings. The predicted octanol–water partition coefficient (Wildman–Crippen LogP) is 2.30. The Bertz CT molecular complexity index is 977. The number of hydrazone groups is 1. The topological polar surface area (TPSA) is 96.6 Å². The lowest BCUT2D eigenvalue weighted by Gasteiger charge is -2.07. The molecular weight excluding hydrogens is 328 g/mol. The molecule has 0 saturated carbocycles. The molecule has 0 spiro atoms. The summed E-state index contributed by atoms with van der Waals surface area (Å²) in [5.41, 5.74) is 9.95. The molecule has 26 heavy (non-hydrogen) atoms. The minimum atomic E-state index is -0.418. The molecule has 0 aliphatic heterocycles. The number of anilines is 1. The van der Waals surface area contributed by atoms with E-state index in [1.165, 1.54) is 6.21 Å². The maximum Gasteiger partial charge on any atom is 0.259 e. The molecule has 0 unspecified atom stereocenters. The molecule has 0 radical (unpaired) electrons. The van der Waals surface area contributed by atoms with E-state index in [2.05, 4.69) is 15.8 Å². The number of nitrogens with one attached hydrogen (secondary N) is 2. The molecule has 3 aromatic rings. The number of hydrogen-bond donors (Lipinski definition) is 3. The van der Waals surface area contributed by atoms with Crippen molar-refractivity contribution in [1.29, 1.82) is 0 Å². The molecule has 2 amide bonds. The van der Waals surface area contributed by atoms with Gasteiger partial charge >= 0.3 is 0 Å². The van der Waals surface area contributed by atoms with Crippen LogP contribution < -0.4 is 16.5 Å². The van der Waals surface area contributed by atoms with Crippen molar-refractivity contribution in [2.45, 2.75) is 0 Å². The van der Waals surface area contributed by atoms with Gasteiger partial charge < -0.3 is 11.1 Å². The third kappa shape index (κ3) is 4.24. The van der Waals surface area contributed by atoms with Crippen LogP contribution in [0.3, 0.4) is 0 Å². The molecule has 3 rings (SSSR count). The van der Waals surface area contributed by atoms with Crippen LogP contribution in [0.4, 0.5) is 5.69 Å². The zero-order chi connectivity index (χ0) is 18.4. The Morgan fingerprint density at radius 1 is 1.00 bits per heavy atom. The van der Waals surface area contributed by atoms with Crippen molar-refractivity contribution in [3.8, 4) is 0 Å². The van der Waals surface area contributed by atoms with E-state index in [0.29, 0.717) is 11.3 Å². The summed E-state index contributed by atoms with van der Waals surface area (Å²) in [4.78, 5) is 24.2. The first-order chi connectivity index (χ1) is 12.6. The van der Waals surface area contributed by atoms with Gasteiger partial charge in [-0.1, -0.05) is 48.5 Å². The third-order valence-electron chi connectivity index (χ3n) is 3.76. The first-order valence-corrected chi connectivity index (χ1v) is 8.07. The van der Waals surface area contributed by atoms with Crippen LogP contribution in [0, 0.1) is 0 Å². The molecule has 0 bridgehead atoms. The Hall–Kier alpha value is -3.67. The number of amides is 2. The van der Waals surface area contributed by atoms with Gasteiger partial charge in [0.05, 0.1) is 12.8 Å². The molecule has 0 heterocycles. The van der Waals surface area contributed by atoms with Gasteiger partial charge in [-0.15, -0.1) is 0 Å². The lowest BCUT2D eigenvalue weighted by molar-refractivity contribution is -0.120. The van der Waals surface area contributed by atoms with Crippen molar-refractivity contribution >= 4 is 34.5 Å². The van der Waals surface area contributed by atoms with Crippen LogP contribution in [-0.2, 0) is 4.79 Å². The van der Waals surface area contributed by atoms with Crippen LogP contribution in [0.25, 0.3) is 10.8 Å². The lowest BCUT2D eigenvalue weighted by atomic mass is 10.0. The van der Waals surface area contributed by atoms with E-state index in [9.17, 15) is 9.59 Å². The molecule has 6 nitrogen and oxygen atoms in total. The minimum absolute atomic E-state index is 0.170. The van der Waals surface area contributed by atoms with Gasteiger partial charge in [0, 0.05) is 11.3 Å². The van der Waals surface area contributed by atoms with Crippen molar-refractivity contribution in [1.82, 2.24) is 10.7 Å². The highest BCUT2D eigenvalue weighted by atomic mass is 16.2. The van der Waals surface area contributed by atoms with E-state index in [4.69, 9.17) is 5.73 Å². The van der Waals surface area contributed by atoms with Crippen molar-refractivity contribution in [3.05, 3.63) is 77.9 Å². The highest BCUT2D eigenvalue weighted by Gasteiger charge is 2.10. The molecule has 0 atom stereocenters. The van der Waals surface area contributed by atoms with E-state index in [-0.39, 0.29) is 12.5 Å². The quantitative estimate of drug-likeness (QED) is 0.376. The number of carbonyl (C=O) groups is 2. The van der Waals surface area contributed by atoms with Crippen molar-refractivity contribution in [2.24, 2.45) is 5.10 Å². The van der Waals surface area contributed by atoms with Gasteiger partial charge in [-0.25, -0.2) is 5.43 Å². The van der Waals surface area contributed by atoms with Gasteiger partial charge in [0.15, 0.2) is 0 Å². The number of benzene rings is 3. The normalized spacial score (nSPS) is 10.8. The molecule has 4 N–H and O–H groups in total. The molecular formula is C20H18N4O2. The van der Waals surface area contributed by atoms with Crippen LogP contribution in [0.15, 0.2) is 71.8 Å². The van der Waals surface area contributed by atoms with Crippen molar-refractivity contribution < 1.29 is 9.59 Å². The van der Waals surface area contributed by atoms with Gasteiger partial charge in [0.25, 0.3) is 11.8 Å². The van der Waals surface area contributed by atoms with Crippen LogP contribution in [0.2, 0.25) is 0 Å². The van der Waals surface area contributed by atoms with Gasteiger partial charge in [0.2, 0.25) is 0 Å². The van der Waals surface area contributed by atoms with E-state index in [1.54, 1.807) is 24.3 Å². The number of fused-ring (bicyclic) bond motifs is 1. The molecule has 0 fully saturated rings. The summed E-state index contributed by atoms with van der Waals surface area (Å²) in [6.45, 7) is -0.170. The second kappa shape index (κ2) is 7.94. The predicted molar refractivity (Wildman–Crippen MR) is 103 cm³/mol. The van der Waals surface area contributed by atoms with Crippen LogP contribution in [0.5, 0.6) is 0 Å². The Morgan fingerprint density at radius 2 is 1.77 bits per heavy atom. The number of hydrogen-bond acceptors (Lipinski definition) is 4. The maximum absolute atomic E-state index is 12.4. The minimum Gasteiger partial charge on any atom is -0.399 e. The summed E-state index contributed by atoms with van der Waals surface area (Å²) in [7, 11) is 0. The second-order valence-electron chi connectivity index (χ2n) is 5.67. The summed E-state index contributed by atoms with van der Waals surface area (Å²) < 4.78 is 0. The van der Waals surface area contributed by atoms with Gasteiger partial charge in [-0.2, -0.15) is 5.10 Å². The largest absolute Gasteiger partial charge is 0.399 e. The number of rotatable bonds is 5. The monoisotopic (exact) mass is 346 g/mol. The maximum atomic E-state index is 12.4. The average molecular weight is 346 g/mol. The summed E-state index contributed by atoms with van der Waals surface area (Å²) in [6, 6.07) is 20.2. The fourth-order valence-corrected chi connectivity index (χ4v) is 2.54. The number of carbonyl (C=O) groups excluding carboxylic acids is 2. The molecule has 6 heteroatoms. The standard InChI is InChI=1S/C20H18N4O2/c21-16-8-3-5-14(11-16)12-23-24-19(25)13-22-20(26)18-10-4-7-15-6-1-2-9-17(15)18/h1-12H,13,21H2,(H,22,26)(H,24,25). The Kier molecular flexibility index (Phi) is 5.24. The van der Waals surface area contributed by atoms with Crippen molar-refractivity contribution in [2.75, 3.05) is 12.3 Å². The third-order valence-corrected chi connectivity index (χ3v) is 3.76. The zero-order valence-electron chi connectivity index (χ0n) is 14.0. The first kappa shape index (κ1) is 17.2. The summed E-state index contributed by atoms with van der Waals surface area (Å²) >= 11 is 0. The highest BCUT2D eigenvalue weighted by Crippen LogP contribution is 2.18. The Morgan fingerprint density at radius 3 is 2.62 bits per heavy atom. The Balaban J connectivity index is 1.56. The summed E-state index contributed by atoms with van der Waals surface area (Å²) in [5.74, 6) is -0.726.